The van der Waals surface area contributed by atoms with Gasteiger partial charge < -0.3 is 14.3 Å². The minimum atomic E-state index is -0.225. The lowest BCUT2D eigenvalue weighted by molar-refractivity contribution is -0.120. The highest BCUT2D eigenvalue weighted by molar-refractivity contribution is 5.90. The van der Waals surface area contributed by atoms with E-state index in [1.807, 2.05) is 4.90 Å². The molecule has 2 N–H and O–H groups in total. The number of carbonyl (C=O) groups is 1. The van der Waals surface area contributed by atoms with E-state index in [9.17, 15) is 4.79 Å². The summed E-state index contributed by atoms with van der Waals surface area (Å²) in [6.07, 6.45) is -0.225. The molecular formula is C10H16N4O4. The molecule has 1 unspecified atom stereocenters. The van der Waals surface area contributed by atoms with E-state index in [0.717, 1.165) is 0 Å². The van der Waals surface area contributed by atoms with E-state index < -0.39 is 0 Å². The number of ether oxygens (including phenoxy) is 1. The number of carbonyl (C=O) groups excluding carboxylic acids is 1. The lowest BCUT2D eigenvalue weighted by Gasteiger charge is -2.31. The molecule has 1 aromatic rings. The molecule has 0 aromatic carbocycles. The topological polar surface area (TPSA) is 101 Å². The van der Waals surface area contributed by atoms with Crippen molar-refractivity contribution < 1.29 is 19.1 Å². The second-order valence-corrected chi connectivity index (χ2v) is 4.08. The van der Waals surface area contributed by atoms with E-state index in [2.05, 4.69) is 15.5 Å². The van der Waals surface area contributed by atoms with Gasteiger partial charge in [0, 0.05) is 20.0 Å². The highest BCUT2D eigenvalue weighted by atomic mass is 16.5. The number of aliphatic hydroxyl groups excluding tert-OH is 1. The van der Waals surface area contributed by atoms with Gasteiger partial charge in [-0.15, -0.1) is 5.10 Å². The van der Waals surface area contributed by atoms with Crippen molar-refractivity contribution in [1.82, 2.24) is 15.1 Å². The van der Waals surface area contributed by atoms with Gasteiger partial charge in [-0.1, -0.05) is 5.10 Å². The summed E-state index contributed by atoms with van der Waals surface area (Å²) in [5.41, 5.74) is 0. The third-order valence-corrected chi connectivity index (χ3v) is 2.57. The van der Waals surface area contributed by atoms with Gasteiger partial charge in [-0.2, -0.15) is 0 Å². The Morgan fingerprint density at radius 1 is 1.61 bits per heavy atom. The van der Waals surface area contributed by atoms with Gasteiger partial charge in [0.25, 0.3) is 0 Å². The first kappa shape index (κ1) is 12.9. The van der Waals surface area contributed by atoms with Gasteiger partial charge in [-0.05, 0) is 0 Å². The number of aromatic nitrogens is 2. The number of aryl methyl sites for hydroxylation is 1. The number of nitrogens with one attached hydrogen (secondary N) is 1. The molecule has 1 fully saturated rings. The Balaban J connectivity index is 1.80. The normalized spacial score (nSPS) is 20.9. The summed E-state index contributed by atoms with van der Waals surface area (Å²) in [7, 11) is 0. The summed E-state index contributed by atoms with van der Waals surface area (Å²) in [5, 5.41) is 18.8. The van der Waals surface area contributed by atoms with Gasteiger partial charge in [0.15, 0.2) is 0 Å². The van der Waals surface area contributed by atoms with E-state index >= 15 is 0 Å². The zero-order valence-electron chi connectivity index (χ0n) is 10.1. The molecule has 1 atom stereocenters. The number of anilines is 1. The molecule has 1 saturated heterocycles. The van der Waals surface area contributed by atoms with E-state index in [4.69, 9.17) is 14.3 Å². The van der Waals surface area contributed by atoms with E-state index in [1.165, 1.54) is 0 Å². The second kappa shape index (κ2) is 5.89. The predicted octanol–water partition coefficient (Wildman–Crippen LogP) is -0.990. The maximum Gasteiger partial charge on any atom is 0.322 e. The van der Waals surface area contributed by atoms with Gasteiger partial charge in [-0.3, -0.25) is 15.0 Å². The molecule has 1 aliphatic rings. The monoisotopic (exact) mass is 256 g/mol. The molecule has 0 bridgehead atoms. The van der Waals surface area contributed by atoms with Crippen LogP contribution in [0.4, 0.5) is 6.01 Å². The van der Waals surface area contributed by atoms with Crippen LogP contribution in [0.5, 0.6) is 0 Å². The van der Waals surface area contributed by atoms with Crippen LogP contribution >= 0.6 is 0 Å². The van der Waals surface area contributed by atoms with Gasteiger partial charge in [0.2, 0.25) is 11.8 Å². The summed E-state index contributed by atoms with van der Waals surface area (Å²) in [4.78, 5) is 13.6. The molecule has 18 heavy (non-hydrogen) atoms. The Bertz CT molecular complexity index is 408. The minimum Gasteiger partial charge on any atom is -0.408 e. The number of hydrogen-bond donors (Lipinski definition) is 2. The Labute approximate surface area is 104 Å². The lowest BCUT2D eigenvalue weighted by atomic mass is 10.3. The zero-order valence-corrected chi connectivity index (χ0v) is 10.1. The largest absolute Gasteiger partial charge is 0.408 e. The summed E-state index contributed by atoms with van der Waals surface area (Å²) in [5.74, 6) is 0.175. The number of rotatable bonds is 4. The van der Waals surface area contributed by atoms with Crippen LogP contribution in [-0.4, -0.2) is 65.1 Å². The minimum absolute atomic E-state index is 0.0407. The van der Waals surface area contributed by atoms with Gasteiger partial charge in [0.1, 0.15) is 0 Å². The Morgan fingerprint density at radius 2 is 2.44 bits per heavy atom. The highest BCUT2D eigenvalue weighted by Crippen LogP contribution is 2.06. The Hall–Kier alpha value is -1.51. The van der Waals surface area contributed by atoms with Gasteiger partial charge >= 0.3 is 6.01 Å². The van der Waals surface area contributed by atoms with Crippen LogP contribution in [0.25, 0.3) is 0 Å². The van der Waals surface area contributed by atoms with Crippen molar-refractivity contribution in [3.63, 3.8) is 0 Å². The van der Waals surface area contributed by atoms with Crippen LogP contribution in [0.1, 0.15) is 5.89 Å². The number of amides is 1. The molecule has 1 amide bonds. The zero-order chi connectivity index (χ0) is 13.0. The van der Waals surface area contributed by atoms with E-state index in [1.54, 1.807) is 6.92 Å². The first-order chi connectivity index (χ1) is 8.67. The van der Waals surface area contributed by atoms with Crippen LogP contribution in [0.2, 0.25) is 0 Å². The number of aliphatic hydroxyl groups is 1. The average molecular weight is 256 g/mol. The lowest BCUT2D eigenvalue weighted by Crippen LogP contribution is -2.46. The average Bonchev–Trinajstić information content (AvgIpc) is 2.74. The molecule has 1 aromatic heterocycles. The van der Waals surface area contributed by atoms with Crippen molar-refractivity contribution >= 4 is 11.9 Å². The Morgan fingerprint density at radius 3 is 3.11 bits per heavy atom. The molecule has 2 rings (SSSR count). The molecular weight excluding hydrogens is 240 g/mol. The molecule has 1 aliphatic heterocycles. The first-order valence-corrected chi connectivity index (χ1v) is 5.72. The van der Waals surface area contributed by atoms with Crippen LogP contribution < -0.4 is 5.32 Å². The van der Waals surface area contributed by atoms with Gasteiger partial charge in [0.05, 0.1) is 25.9 Å². The van der Waals surface area contributed by atoms with Crippen molar-refractivity contribution in [2.24, 2.45) is 0 Å². The third-order valence-electron chi connectivity index (χ3n) is 2.57. The number of morpholine rings is 1. The predicted molar refractivity (Wildman–Crippen MR) is 60.9 cm³/mol. The van der Waals surface area contributed by atoms with Gasteiger partial charge in [-0.25, -0.2) is 0 Å². The summed E-state index contributed by atoms with van der Waals surface area (Å²) < 4.78 is 10.3. The highest BCUT2D eigenvalue weighted by Gasteiger charge is 2.21. The standard InChI is InChI=1S/C10H16N4O4/c1-7-12-13-10(18-7)11-9(16)5-14-2-3-17-8(4-14)6-15/h8,15H,2-6H2,1H3,(H,11,13,16). The fourth-order valence-electron chi connectivity index (χ4n) is 1.74. The molecule has 2 heterocycles. The van der Waals surface area contributed by atoms with Crippen molar-refractivity contribution in [2.75, 3.05) is 38.2 Å². The van der Waals surface area contributed by atoms with Crippen LogP contribution in [-0.2, 0) is 9.53 Å². The van der Waals surface area contributed by atoms with Crippen LogP contribution in [0.3, 0.4) is 0 Å². The number of hydrogen-bond acceptors (Lipinski definition) is 7. The molecule has 8 heteroatoms. The van der Waals surface area contributed by atoms with Crippen molar-refractivity contribution in [1.29, 1.82) is 0 Å². The maximum atomic E-state index is 11.7. The van der Waals surface area contributed by atoms with Crippen molar-refractivity contribution in [3.05, 3.63) is 5.89 Å². The molecule has 8 nitrogen and oxygen atoms in total. The fourth-order valence-corrected chi connectivity index (χ4v) is 1.74. The first-order valence-electron chi connectivity index (χ1n) is 5.72. The molecule has 0 aliphatic carbocycles. The van der Waals surface area contributed by atoms with Crippen molar-refractivity contribution in [3.8, 4) is 0 Å². The summed E-state index contributed by atoms with van der Waals surface area (Å²) in [6.45, 7) is 3.52. The maximum absolute atomic E-state index is 11.7. The van der Waals surface area contributed by atoms with E-state index in [-0.39, 0.29) is 31.2 Å². The van der Waals surface area contributed by atoms with Crippen molar-refractivity contribution in [2.45, 2.75) is 13.0 Å². The summed E-state index contributed by atoms with van der Waals surface area (Å²) >= 11 is 0. The fraction of sp³-hybridized carbons (Fsp3) is 0.700. The van der Waals surface area contributed by atoms with E-state index in [0.29, 0.717) is 25.6 Å². The Kier molecular flexibility index (Phi) is 4.24. The SMILES string of the molecule is Cc1nnc(NC(=O)CN2CCOC(CO)C2)o1. The molecule has 0 saturated carbocycles. The summed E-state index contributed by atoms with van der Waals surface area (Å²) in [6, 6.07) is 0.101. The molecule has 0 spiro atoms. The quantitative estimate of drug-likeness (QED) is 0.713. The number of nitrogens with zero attached hydrogens (tertiary/aromatic N) is 3. The third kappa shape index (κ3) is 3.49. The molecule has 0 radical (unpaired) electrons. The second-order valence-electron chi connectivity index (χ2n) is 4.08. The smallest absolute Gasteiger partial charge is 0.322 e. The van der Waals surface area contributed by atoms with Crippen LogP contribution in [0.15, 0.2) is 4.42 Å². The molecule has 100 valence electrons. The van der Waals surface area contributed by atoms with Crippen LogP contribution in [0, 0.1) is 6.92 Å².